The standard InChI is InChI=1S/C12H12N2/c1-2-11(12-8-13-9-14-12)10-6-4-3-5-7-10/h2-9,11H,1H2,(H,13,14). The summed E-state index contributed by atoms with van der Waals surface area (Å²) >= 11 is 0. The number of hydrogen-bond donors (Lipinski definition) is 1. The van der Waals surface area contributed by atoms with E-state index in [0.717, 1.165) is 5.69 Å². The lowest BCUT2D eigenvalue weighted by molar-refractivity contribution is 0.975. The van der Waals surface area contributed by atoms with Crippen molar-refractivity contribution in [3.05, 3.63) is 66.8 Å². The zero-order valence-electron chi connectivity index (χ0n) is 7.85. The molecule has 1 aromatic heterocycles. The third kappa shape index (κ3) is 1.59. The van der Waals surface area contributed by atoms with Crippen LogP contribution < -0.4 is 0 Å². The molecule has 0 bridgehead atoms. The number of rotatable bonds is 3. The van der Waals surface area contributed by atoms with Gasteiger partial charge in [-0.25, -0.2) is 4.98 Å². The number of nitrogens with zero attached hydrogens (tertiary/aromatic N) is 1. The lowest BCUT2D eigenvalue weighted by Crippen LogP contribution is -1.96. The van der Waals surface area contributed by atoms with Crippen LogP contribution in [0.15, 0.2) is 55.5 Å². The van der Waals surface area contributed by atoms with Crippen LogP contribution in [-0.2, 0) is 0 Å². The number of imidazole rings is 1. The van der Waals surface area contributed by atoms with Crippen LogP contribution in [0.4, 0.5) is 0 Å². The zero-order valence-corrected chi connectivity index (χ0v) is 7.85. The summed E-state index contributed by atoms with van der Waals surface area (Å²) in [5.41, 5.74) is 2.22. The third-order valence-corrected chi connectivity index (χ3v) is 2.23. The van der Waals surface area contributed by atoms with Gasteiger partial charge in [0, 0.05) is 12.1 Å². The average Bonchev–Trinajstić information content (AvgIpc) is 2.74. The Labute approximate surface area is 83.3 Å². The summed E-state index contributed by atoms with van der Waals surface area (Å²) < 4.78 is 0. The summed E-state index contributed by atoms with van der Waals surface area (Å²) in [7, 11) is 0. The number of aromatic nitrogens is 2. The smallest absolute Gasteiger partial charge is 0.0923 e. The first-order valence-corrected chi connectivity index (χ1v) is 4.58. The van der Waals surface area contributed by atoms with Gasteiger partial charge in [0.15, 0.2) is 0 Å². The van der Waals surface area contributed by atoms with Crippen LogP contribution in [0.3, 0.4) is 0 Å². The van der Waals surface area contributed by atoms with E-state index in [9.17, 15) is 0 Å². The van der Waals surface area contributed by atoms with Crippen molar-refractivity contribution >= 4 is 0 Å². The summed E-state index contributed by atoms with van der Waals surface area (Å²) in [6.45, 7) is 3.84. The summed E-state index contributed by atoms with van der Waals surface area (Å²) in [6.07, 6.45) is 5.50. The average molecular weight is 184 g/mol. The van der Waals surface area contributed by atoms with Crippen LogP contribution in [-0.4, -0.2) is 9.97 Å². The highest BCUT2D eigenvalue weighted by Gasteiger charge is 2.10. The number of aromatic amines is 1. The van der Waals surface area contributed by atoms with E-state index in [1.807, 2.05) is 30.5 Å². The fraction of sp³-hybridized carbons (Fsp3) is 0.0833. The van der Waals surface area contributed by atoms with Crippen LogP contribution in [0.2, 0.25) is 0 Å². The van der Waals surface area contributed by atoms with Crippen molar-refractivity contribution in [2.24, 2.45) is 0 Å². The number of hydrogen-bond acceptors (Lipinski definition) is 1. The molecular weight excluding hydrogens is 172 g/mol. The molecule has 0 saturated heterocycles. The fourth-order valence-electron chi connectivity index (χ4n) is 1.53. The molecule has 0 aliphatic heterocycles. The molecule has 0 fully saturated rings. The topological polar surface area (TPSA) is 28.7 Å². The monoisotopic (exact) mass is 184 g/mol. The maximum absolute atomic E-state index is 4.24. The van der Waals surface area contributed by atoms with Crippen molar-refractivity contribution in [1.29, 1.82) is 0 Å². The number of H-pyrrole nitrogens is 1. The molecule has 14 heavy (non-hydrogen) atoms. The Kier molecular flexibility index (Phi) is 2.45. The quantitative estimate of drug-likeness (QED) is 0.730. The van der Waals surface area contributed by atoms with Gasteiger partial charge in [0.05, 0.1) is 12.0 Å². The van der Waals surface area contributed by atoms with Gasteiger partial charge in [0.2, 0.25) is 0 Å². The maximum Gasteiger partial charge on any atom is 0.0923 e. The van der Waals surface area contributed by atoms with Gasteiger partial charge in [-0.1, -0.05) is 36.4 Å². The maximum atomic E-state index is 4.24. The van der Waals surface area contributed by atoms with Gasteiger partial charge in [-0.2, -0.15) is 0 Å². The molecule has 1 N–H and O–H groups in total. The minimum Gasteiger partial charge on any atom is -0.351 e. The van der Waals surface area contributed by atoms with Gasteiger partial charge in [0.25, 0.3) is 0 Å². The molecule has 0 aliphatic carbocycles. The minimum absolute atomic E-state index is 0.183. The van der Waals surface area contributed by atoms with Gasteiger partial charge >= 0.3 is 0 Å². The van der Waals surface area contributed by atoms with E-state index in [0.29, 0.717) is 0 Å². The third-order valence-electron chi connectivity index (χ3n) is 2.23. The number of allylic oxidation sites excluding steroid dienone is 1. The Morgan fingerprint density at radius 1 is 1.29 bits per heavy atom. The van der Waals surface area contributed by atoms with E-state index in [-0.39, 0.29) is 5.92 Å². The molecule has 70 valence electrons. The van der Waals surface area contributed by atoms with Gasteiger partial charge in [0.1, 0.15) is 0 Å². The summed E-state index contributed by atoms with van der Waals surface area (Å²) in [6, 6.07) is 10.2. The normalized spacial score (nSPS) is 12.3. The molecule has 2 nitrogen and oxygen atoms in total. The van der Waals surface area contributed by atoms with Gasteiger partial charge in [-0.15, -0.1) is 6.58 Å². The zero-order chi connectivity index (χ0) is 9.80. The summed E-state index contributed by atoms with van der Waals surface area (Å²) in [4.78, 5) is 7.19. The Morgan fingerprint density at radius 3 is 2.64 bits per heavy atom. The Hall–Kier alpha value is -1.83. The van der Waals surface area contributed by atoms with E-state index < -0.39 is 0 Å². The van der Waals surface area contributed by atoms with Gasteiger partial charge < -0.3 is 4.98 Å². The Bertz CT molecular complexity index is 390. The highest BCUT2D eigenvalue weighted by atomic mass is 14.9. The predicted octanol–water partition coefficient (Wildman–Crippen LogP) is 2.73. The second-order valence-corrected chi connectivity index (χ2v) is 3.12. The van der Waals surface area contributed by atoms with Gasteiger partial charge in [-0.05, 0) is 5.56 Å². The molecule has 0 radical (unpaired) electrons. The van der Waals surface area contributed by atoms with E-state index in [1.54, 1.807) is 6.33 Å². The highest BCUT2D eigenvalue weighted by molar-refractivity contribution is 5.31. The first-order valence-electron chi connectivity index (χ1n) is 4.58. The van der Waals surface area contributed by atoms with Crippen LogP contribution in [0.5, 0.6) is 0 Å². The van der Waals surface area contributed by atoms with Crippen molar-refractivity contribution in [2.45, 2.75) is 5.92 Å². The molecule has 2 aromatic rings. The lowest BCUT2D eigenvalue weighted by Gasteiger charge is -2.09. The molecular formula is C12H12N2. The fourth-order valence-corrected chi connectivity index (χ4v) is 1.53. The van der Waals surface area contributed by atoms with E-state index in [4.69, 9.17) is 0 Å². The van der Waals surface area contributed by atoms with Gasteiger partial charge in [-0.3, -0.25) is 0 Å². The Balaban J connectivity index is 2.36. The van der Waals surface area contributed by atoms with Crippen molar-refractivity contribution in [1.82, 2.24) is 9.97 Å². The van der Waals surface area contributed by atoms with Crippen LogP contribution in [0.1, 0.15) is 17.2 Å². The summed E-state index contributed by atoms with van der Waals surface area (Å²) in [5.74, 6) is 0.183. The number of benzene rings is 1. The molecule has 0 spiro atoms. The van der Waals surface area contributed by atoms with Crippen LogP contribution in [0, 0.1) is 0 Å². The second kappa shape index (κ2) is 3.92. The molecule has 1 heterocycles. The van der Waals surface area contributed by atoms with Crippen LogP contribution >= 0.6 is 0 Å². The molecule has 1 aromatic carbocycles. The highest BCUT2D eigenvalue weighted by Crippen LogP contribution is 2.22. The summed E-state index contributed by atoms with van der Waals surface area (Å²) in [5, 5.41) is 0. The molecule has 2 heteroatoms. The lowest BCUT2D eigenvalue weighted by atomic mass is 9.97. The number of nitrogens with one attached hydrogen (secondary N) is 1. The van der Waals surface area contributed by atoms with E-state index in [1.165, 1.54) is 5.56 Å². The van der Waals surface area contributed by atoms with Crippen LogP contribution in [0.25, 0.3) is 0 Å². The van der Waals surface area contributed by atoms with Crippen molar-refractivity contribution in [2.75, 3.05) is 0 Å². The molecule has 1 atom stereocenters. The van der Waals surface area contributed by atoms with Crippen molar-refractivity contribution in [3.8, 4) is 0 Å². The van der Waals surface area contributed by atoms with Crippen molar-refractivity contribution in [3.63, 3.8) is 0 Å². The molecule has 0 saturated carbocycles. The first-order chi connectivity index (χ1) is 6.92. The minimum atomic E-state index is 0.183. The first kappa shape index (κ1) is 8.75. The SMILES string of the molecule is C=CC(c1ccccc1)c1c[nH]cn1. The molecule has 0 amide bonds. The van der Waals surface area contributed by atoms with E-state index >= 15 is 0 Å². The molecule has 0 aliphatic rings. The molecule has 2 rings (SSSR count). The van der Waals surface area contributed by atoms with Crippen molar-refractivity contribution < 1.29 is 0 Å². The second-order valence-electron chi connectivity index (χ2n) is 3.12. The molecule has 1 unspecified atom stereocenters. The Morgan fingerprint density at radius 2 is 2.07 bits per heavy atom. The van der Waals surface area contributed by atoms with E-state index in [2.05, 4.69) is 28.7 Å². The largest absolute Gasteiger partial charge is 0.351 e. The predicted molar refractivity (Wildman–Crippen MR) is 57.1 cm³/mol.